The Hall–Kier alpha value is -1.62. The standard InChI is InChI=1S/C16H18ClN3O2/c1-19-13-7-11(17)8-18-14(13)20(16(22)15(19)21)12-5-9-2-3-10(4-9)6-12/h7-10,12H,2-6H2,1H3/t9-,10+,12?. The summed E-state index contributed by atoms with van der Waals surface area (Å²) in [4.78, 5) is 29.2. The highest BCUT2D eigenvalue weighted by Crippen LogP contribution is 2.46. The first-order chi connectivity index (χ1) is 10.5. The molecular formula is C16H18ClN3O2. The summed E-state index contributed by atoms with van der Waals surface area (Å²) in [6, 6.07) is 1.79. The summed E-state index contributed by atoms with van der Waals surface area (Å²) in [5.74, 6) is 1.36. The van der Waals surface area contributed by atoms with Gasteiger partial charge < -0.3 is 4.57 Å². The Bertz CT molecular complexity index is 858. The van der Waals surface area contributed by atoms with Crippen LogP contribution in [0.4, 0.5) is 0 Å². The summed E-state index contributed by atoms with van der Waals surface area (Å²) in [6.45, 7) is 0. The fourth-order valence-electron chi connectivity index (χ4n) is 4.33. The van der Waals surface area contributed by atoms with Gasteiger partial charge in [0.2, 0.25) is 0 Å². The number of hydrogen-bond donors (Lipinski definition) is 0. The lowest BCUT2D eigenvalue weighted by Crippen LogP contribution is -2.43. The number of pyridine rings is 1. The third-order valence-corrected chi connectivity index (χ3v) is 5.54. The second-order valence-corrected chi connectivity index (χ2v) is 7.14. The Morgan fingerprint density at radius 3 is 2.50 bits per heavy atom. The van der Waals surface area contributed by atoms with Crippen molar-refractivity contribution in [3.05, 3.63) is 38.0 Å². The van der Waals surface area contributed by atoms with Gasteiger partial charge in [0.1, 0.15) is 0 Å². The highest BCUT2D eigenvalue weighted by molar-refractivity contribution is 6.31. The molecule has 0 radical (unpaired) electrons. The van der Waals surface area contributed by atoms with Crippen molar-refractivity contribution in [3.8, 4) is 0 Å². The van der Waals surface area contributed by atoms with E-state index in [0.29, 0.717) is 28.0 Å². The van der Waals surface area contributed by atoms with Crippen molar-refractivity contribution in [2.75, 3.05) is 0 Å². The Labute approximate surface area is 132 Å². The first-order valence-electron chi connectivity index (χ1n) is 7.81. The van der Waals surface area contributed by atoms with Crippen LogP contribution in [-0.2, 0) is 7.05 Å². The van der Waals surface area contributed by atoms with E-state index in [4.69, 9.17) is 11.6 Å². The van der Waals surface area contributed by atoms with Crippen molar-refractivity contribution in [1.82, 2.24) is 14.1 Å². The van der Waals surface area contributed by atoms with E-state index >= 15 is 0 Å². The maximum absolute atomic E-state index is 12.6. The molecule has 2 bridgehead atoms. The zero-order valence-electron chi connectivity index (χ0n) is 12.5. The summed E-state index contributed by atoms with van der Waals surface area (Å²) in [5.41, 5.74) is 0.225. The maximum Gasteiger partial charge on any atom is 0.318 e. The molecule has 0 saturated heterocycles. The minimum absolute atomic E-state index is 0.0869. The second-order valence-electron chi connectivity index (χ2n) is 6.71. The largest absolute Gasteiger partial charge is 0.318 e. The number of rotatable bonds is 1. The van der Waals surface area contributed by atoms with E-state index in [9.17, 15) is 9.59 Å². The molecule has 1 unspecified atom stereocenters. The Morgan fingerprint density at radius 2 is 1.82 bits per heavy atom. The Morgan fingerprint density at radius 1 is 1.14 bits per heavy atom. The first kappa shape index (κ1) is 14.0. The lowest BCUT2D eigenvalue weighted by atomic mass is 9.85. The predicted octanol–water partition coefficient (Wildman–Crippen LogP) is 2.50. The quantitative estimate of drug-likeness (QED) is 0.759. The molecule has 2 aromatic rings. The zero-order valence-corrected chi connectivity index (χ0v) is 13.2. The van der Waals surface area contributed by atoms with Crippen LogP contribution in [0.25, 0.3) is 11.2 Å². The maximum atomic E-state index is 12.6. The van der Waals surface area contributed by atoms with Crippen LogP contribution in [0.2, 0.25) is 5.02 Å². The van der Waals surface area contributed by atoms with Crippen molar-refractivity contribution in [2.45, 2.75) is 38.1 Å². The van der Waals surface area contributed by atoms with Crippen LogP contribution >= 0.6 is 11.6 Å². The predicted molar refractivity (Wildman–Crippen MR) is 85.4 cm³/mol. The van der Waals surface area contributed by atoms with Crippen molar-refractivity contribution in [1.29, 1.82) is 0 Å². The van der Waals surface area contributed by atoms with E-state index in [2.05, 4.69) is 4.98 Å². The zero-order chi connectivity index (χ0) is 15.4. The van der Waals surface area contributed by atoms with Gasteiger partial charge in [0.15, 0.2) is 5.65 Å². The van der Waals surface area contributed by atoms with Gasteiger partial charge in [0, 0.05) is 19.3 Å². The molecule has 2 saturated carbocycles. The van der Waals surface area contributed by atoms with E-state index in [1.54, 1.807) is 23.9 Å². The van der Waals surface area contributed by atoms with Crippen LogP contribution in [0.15, 0.2) is 21.9 Å². The molecule has 116 valence electrons. The average molecular weight is 320 g/mol. The van der Waals surface area contributed by atoms with Gasteiger partial charge in [-0.15, -0.1) is 0 Å². The van der Waals surface area contributed by atoms with Gasteiger partial charge >= 0.3 is 11.1 Å². The van der Waals surface area contributed by atoms with Gasteiger partial charge in [-0.25, -0.2) is 4.98 Å². The SMILES string of the molecule is Cn1c(=O)c(=O)n(C2C[C@H]3CC[C@@H](C2)C3)c2ncc(Cl)cc21. The molecule has 0 aromatic carbocycles. The molecule has 2 fully saturated rings. The third kappa shape index (κ3) is 2.02. The molecule has 2 aliphatic carbocycles. The van der Waals surface area contributed by atoms with Crippen LogP contribution in [0, 0.1) is 11.8 Å². The van der Waals surface area contributed by atoms with E-state index in [0.717, 1.165) is 12.8 Å². The average Bonchev–Trinajstić information content (AvgIpc) is 2.84. The van der Waals surface area contributed by atoms with Crippen LogP contribution < -0.4 is 11.1 Å². The summed E-state index contributed by atoms with van der Waals surface area (Å²) in [5, 5.41) is 0.469. The molecule has 2 heterocycles. The molecule has 0 aliphatic heterocycles. The summed E-state index contributed by atoms with van der Waals surface area (Å²) in [6.07, 6.45) is 7.26. The Balaban J connectivity index is 1.97. The summed E-state index contributed by atoms with van der Waals surface area (Å²) >= 11 is 6.01. The molecule has 6 heteroatoms. The molecular weight excluding hydrogens is 302 g/mol. The number of fused-ring (bicyclic) bond motifs is 3. The van der Waals surface area contributed by atoms with Crippen molar-refractivity contribution in [3.63, 3.8) is 0 Å². The number of aryl methyl sites for hydroxylation is 1. The van der Waals surface area contributed by atoms with Gasteiger partial charge in [-0.2, -0.15) is 0 Å². The van der Waals surface area contributed by atoms with Crippen molar-refractivity contribution in [2.24, 2.45) is 18.9 Å². The molecule has 2 aliphatic rings. The highest BCUT2D eigenvalue weighted by atomic mass is 35.5. The fraction of sp³-hybridized carbons (Fsp3) is 0.562. The van der Waals surface area contributed by atoms with Crippen LogP contribution in [-0.4, -0.2) is 14.1 Å². The third-order valence-electron chi connectivity index (χ3n) is 5.34. The van der Waals surface area contributed by atoms with Crippen LogP contribution in [0.3, 0.4) is 0 Å². The Kier molecular flexibility index (Phi) is 3.15. The molecule has 3 atom stereocenters. The number of halogens is 1. The highest BCUT2D eigenvalue weighted by Gasteiger charge is 2.36. The molecule has 2 aromatic heterocycles. The van der Waals surface area contributed by atoms with E-state index < -0.39 is 11.1 Å². The molecule has 22 heavy (non-hydrogen) atoms. The molecule has 0 amide bonds. The van der Waals surface area contributed by atoms with Gasteiger partial charge in [-0.05, 0) is 37.2 Å². The van der Waals surface area contributed by atoms with E-state index in [-0.39, 0.29) is 6.04 Å². The number of aromatic nitrogens is 3. The van der Waals surface area contributed by atoms with Crippen LogP contribution in [0.1, 0.15) is 38.1 Å². The molecule has 0 N–H and O–H groups in total. The van der Waals surface area contributed by atoms with Crippen LogP contribution in [0.5, 0.6) is 0 Å². The minimum Gasteiger partial charge on any atom is -0.304 e. The molecule has 0 spiro atoms. The summed E-state index contributed by atoms with van der Waals surface area (Å²) in [7, 11) is 1.60. The normalized spacial score (nSPS) is 27.5. The van der Waals surface area contributed by atoms with E-state index in [1.807, 2.05) is 0 Å². The molecule has 4 rings (SSSR count). The number of nitrogens with zero attached hydrogens (tertiary/aromatic N) is 3. The lowest BCUT2D eigenvalue weighted by Gasteiger charge is -2.29. The molecule has 5 nitrogen and oxygen atoms in total. The minimum atomic E-state index is -0.505. The summed E-state index contributed by atoms with van der Waals surface area (Å²) < 4.78 is 2.99. The van der Waals surface area contributed by atoms with Crippen molar-refractivity contribution < 1.29 is 0 Å². The van der Waals surface area contributed by atoms with Crippen molar-refractivity contribution >= 4 is 22.8 Å². The fourth-order valence-corrected chi connectivity index (χ4v) is 4.48. The van der Waals surface area contributed by atoms with E-state index in [1.165, 1.54) is 23.8 Å². The van der Waals surface area contributed by atoms with Gasteiger partial charge in [0.05, 0.1) is 10.5 Å². The second kappa shape index (κ2) is 4.95. The van der Waals surface area contributed by atoms with Gasteiger partial charge in [-0.1, -0.05) is 24.4 Å². The smallest absolute Gasteiger partial charge is 0.304 e. The lowest BCUT2D eigenvalue weighted by molar-refractivity contribution is 0.260. The van der Waals surface area contributed by atoms with Gasteiger partial charge in [0.25, 0.3) is 0 Å². The van der Waals surface area contributed by atoms with Gasteiger partial charge in [-0.3, -0.25) is 14.2 Å². The first-order valence-corrected chi connectivity index (χ1v) is 8.19. The topological polar surface area (TPSA) is 56.9 Å². The number of hydrogen-bond acceptors (Lipinski definition) is 3. The monoisotopic (exact) mass is 319 g/mol.